The molecule has 0 unspecified atom stereocenters. The first-order valence-electron chi connectivity index (χ1n) is 5.53. The summed E-state index contributed by atoms with van der Waals surface area (Å²) in [6, 6.07) is 18.2. The Balaban J connectivity index is 2.21. The number of hydrogen-bond acceptors (Lipinski definition) is 3. The summed E-state index contributed by atoms with van der Waals surface area (Å²) in [7, 11) is 0. The molecule has 19 heavy (non-hydrogen) atoms. The number of thiocarbonyl (C=S) groups is 2. The summed E-state index contributed by atoms with van der Waals surface area (Å²) in [6.07, 6.45) is 0. The van der Waals surface area contributed by atoms with Crippen molar-refractivity contribution in [2.24, 2.45) is 0 Å². The van der Waals surface area contributed by atoms with Gasteiger partial charge in [-0.15, -0.1) is 0 Å². The van der Waals surface area contributed by atoms with Gasteiger partial charge in [0.1, 0.15) is 5.75 Å². The van der Waals surface area contributed by atoms with Crippen molar-refractivity contribution in [3.8, 4) is 5.75 Å². The molecule has 2 aromatic carbocycles. The Morgan fingerprint density at radius 2 is 1.42 bits per heavy atom. The molecule has 2 rings (SSSR count). The summed E-state index contributed by atoms with van der Waals surface area (Å²) in [5.74, 6) is 0.588. The van der Waals surface area contributed by atoms with Crippen molar-refractivity contribution in [1.82, 2.24) is 0 Å². The van der Waals surface area contributed by atoms with E-state index in [1.807, 2.05) is 36.4 Å². The standard InChI is InChI=1S/C14H11NO2S2/c16-13(18)15(11-7-3-1-4-8-11)14(19)17-12-9-5-2-6-10-12/h1-10H,(H,16,18). The van der Waals surface area contributed by atoms with Crippen LogP contribution in [-0.2, 0) is 0 Å². The van der Waals surface area contributed by atoms with Crippen molar-refractivity contribution >= 4 is 40.5 Å². The van der Waals surface area contributed by atoms with Crippen molar-refractivity contribution in [3.05, 3.63) is 60.7 Å². The van der Waals surface area contributed by atoms with Crippen LogP contribution in [0.25, 0.3) is 0 Å². The van der Waals surface area contributed by atoms with Gasteiger partial charge in [-0.25, -0.2) is 4.90 Å². The maximum atomic E-state index is 9.60. The predicted octanol–water partition coefficient (Wildman–Crippen LogP) is 3.70. The van der Waals surface area contributed by atoms with Crippen LogP contribution in [0.2, 0.25) is 0 Å². The molecule has 96 valence electrons. The highest BCUT2D eigenvalue weighted by Gasteiger charge is 2.18. The van der Waals surface area contributed by atoms with Crippen LogP contribution in [0.3, 0.4) is 0 Å². The highest BCUT2D eigenvalue weighted by molar-refractivity contribution is 7.82. The molecule has 0 heterocycles. The largest absolute Gasteiger partial charge is 0.486 e. The maximum absolute atomic E-state index is 9.60. The Kier molecular flexibility index (Phi) is 4.43. The second-order valence-corrected chi connectivity index (χ2v) is 4.35. The SMILES string of the molecule is OC(=S)N(C(=S)Oc1ccccc1)c1ccccc1. The van der Waals surface area contributed by atoms with Crippen LogP contribution in [-0.4, -0.2) is 15.5 Å². The van der Waals surface area contributed by atoms with E-state index < -0.39 is 0 Å². The van der Waals surface area contributed by atoms with E-state index in [4.69, 9.17) is 29.2 Å². The van der Waals surface area contributed by atoms with E-state index in [1.54, 1.807) is 24.3 Å². The van der Waals surface area contributed by atoms with E-state index >= 15 is 0 Å². The number of benzene rings is 2. The lowest BCUT2D eigenvalue weighted by atomic mass is 10.3. The molecular weight excluding hydrogens is 278 g/mol. The minimum absolute atomic E-state index is 0.0740. The maximum Gasteiger partial charge on any atom is 0.277 e. The number of aliphatic hydroxyl groups is 1. The van der Waals surface area contributed by atoms with Gasteiger partial charge in [0, 0.05) is 0 Å². The van der Waals surface area contributed by atoms with Gasteiger partial charge >= 0.3 is 0 Å². The van der Waals surface area contributed by atoms with Gasteiger partial charge < -0.3 is 9.84 Å². The molecule has 0 aliphatic rings. The predicted molar refractivity (Wildman–Crippen MR) is 83.8 cm³/mol. The van der Waals surface area contributed by atoms with Gasteiger partial charge in [-0.05, 0) is 48.7 Å². The summed E-state index contributed by atoms with van der Waals surface area (Å²) >= 11 is 9.98. The first-order chi connectivity index (χ1) is 9.18. The number of ether oxygens (including phenoxy) is 1. The Labute approximate surface area is 122 Å². The Hall–Kier alpha value is -1.98. The second-order valence-electron chi connectivity index (χ2n) is 3.63. The minimum atomic E-state index is -0.355. The van der Waals surface area contributed by atoms with Gasteiger partial charge in [-0.2, -0.15) is 0 Å². The van der Waals surface area contributed by atoms with Gasteiger partial charge in [0.15, 0.2) is 0 Å². The van der Waals surface area contributed by atoms with Crippen molar-refractivity contribution in [2.45, 2.75) is 0 Å². The molecule has 0 atom stereocenters. The molecule has 0 bridgehead atoms. The molecule has 5 heteroatoms. The van der Waals surface area contributed by atoms with Crippen LogP contribution in [0.15, 0.2) is 60.7 Å². The fraction of sp³-hybridized carbons (Fsp3) is 0. The van der Waals surface area contributed by atoms with Crippen LogP contribution in [0.5, 0.6) is 5.75 Å². The highest BCUT2D eigenvalue weighted by Crippen LogP contribution is 2.17. The molecule has 0 spiro atoms. The van der Waals surface area contributed by atoms with Gasteiger partial charge in [-0.1, -0.05) is 36.4 Å². The molecule has 3 nitrogen and oxygen atoms in total. The quantitative estimate of drug-likeness (QED) is 0.852. The van der Waals surface area contributed by atoms with Gasteiger partial charge in [0.2, 0.25) is 0 Å². The van der Waals surface area contributed by atoms with Crippen molar-refractivity contribution in [3.63, 3.8) is 0 Å². The number of nitrogens with zero attached hydrogens (tertiary/aromatic N) is 1. The van der Waals surface area contributed by atoms with Crippen LogP contribution >= 0.6 is 24.4 Å². The molecule has 0 aromatic heterocycles. The highest BCUT2D eigenvalue weighted by atomic mass is 32.1. The number of hydrogen-bond donors (Lipinski definition) is 1. The number of rotatable bonds is 2. The van der Waals surface area contributed by atoms with E-state index in [2.05, 4.69) is 0 Å². The van der Waals surface area contributed by atoms with E-state index in [1.165, 1.54) is 4.90 Å². The smallest absolute Gasteiger partial charge is 0.277 e. The third-order valence-corrected chi connectivity index (χ3v) is 2.79. The molecule has 0 fully saturated rings. The van der Waals surface area contributed by atoms with Crippen molar-refractivity contribution < 1.29 is 9.84 Å². The zero-order valence-electron chi connectivity index (χ0n) is 9.89. The molecule has 1 N–H and O–H groups in total. The van der Waals surface area contributed by atoms with E-state index in [0.29, 0.717) is 11.4 Å². The van der Waals surface area contributed by atoms with Crippen LogP contribution in [0.1, 0.15) is 0 Å². The van der Waals surface area contributed by atoms with Crippen LogP contribution < -0.4 is 9.64 Å². The third-order valence-electron chi connectivity index (χ3n) is 2.34. The summed E-state index contributed by atoms with van der Waals surface area (Å²) in [4.78, 5) is 1.29. The molecule has 0 aliphatic heterocycles. The number of anilines is 1. The minimum Gasteiger partial charge on any atom is -0.486 e. The number of aliphatic hydroxyl groups excluding tert-OH is 1. The van der Waals surface area contributed by atoms with Gasteiger partial charge in [0.25, 0.3) is 10.3 Å². The zero-order valence-corrected chi connectivity index (χ0v) is 11.5. The Morgan fingerprint density at radius 3 is 1.95 bits per heavy atom. The van der Waals surface area contributed by atoms with E-state index in [-0.39, 0.29) is 10.3 Å². The average Bonchev–Trinajstić information content (AvgIpc) is 2.40. The molecule has 0 radical (unpaired) electrons. The lowest BCUT2D eigenvalue weighted by Gasteiger charge is -2.21. The van der Waals surface area contributed by atoms with Crippen LogP contribution in [0, 0.1) is 0 Å². The monoisotopic (exact) mass is 289 g/mol. The second kappa shape index (κ2) is 6.26. The van der Waals surface area contributed by atoms with Gasteiger partial charge in [-0.3, -0.25) is 0 Å². The van der Waals surface area contributed by atoms with Crippen LogP contribution in [0.4, 0.5) is 5.69 Å². The molecule has 2 aromatic rings. The molecule has 0 saturated carbocycles. The van der Waals surface area contributed by atoms with E-state index in [0.717, 1.165) is 0 Å². The first-order valence-corrected chi connectivity index (χ1v) is 6.35. The fourth-order valence-corrected chi connectivity index (χ4v) is 2.04. The molecule has 0 saturated heterocycles. The van der Waals surface area contributed by atoms with Crippen molar-refractivity contribution in [1.29, 1.82) is 0 Å². The summed E-state index contributed by atoms with van der Waals surface area (Å²) in [6.45, 7) is 0. The first kappa shape index (κ1) is 13.5. The fourth-order valence-electron chi connectivity index (χ4n) is 1.51. The lowest BCUT2D eigenvalue weighted by molar-refractivity contribution is 0.530. The van der Waals surface area contributed by atoms with Gasteiger partial charge in [0.05, 0.1) is 5.69 Å². The Morgan fingerprint density at radius 1 is 0.895 bits per heavy atom. The Bertz CT molecular complexity index is 573. The topological polar surface area (TPSA) is 32.7 Å². The molecule has 0 aliphatic carbocycles. The molecular formula is C14H11NO2S2. The van der Waals surface area contributed by atoms with E-state index in [9.17, 15) is 5.11 Å². The summed E-state index contributed by atoms with van der Waals surface area (Å²) < 4.78 is 5.50. The lowest BCUT2D eigenvalue weighted by Crippen LogP contribution is -2.37. The average molecular weight is 289 g/mol. The molecule has 0 amide bonds. The summed E-state index contributed by atoms with van der Waals surface area (Å²) in [5.41, 5.74) is 0.649. The normalized spacial score (nSPS) is 9.68. The number of para-hydroxylation sites is 2. The zero-order chi connectivity index (χ0) is 13.7. The summed E-state index contributed by atoms with van der Waals surface area (Å²) in [5, 5.41) is 9.32. The van der Waals surface area contributed by atoms with Crippen molar-refractivity contribution in [2.75, 3.05) is 4.90 Å². The third kappa shape index (κ3) is 3.49.